The first-order valence-electron chi connectivity index (χ1n) is 7.73. The maximum Gasteiger partial charge on any atom is 0.229 e. The van der Waals surface area contributed by atoms with Crippen molar-refractivity contribution in [2.45, 2.75) is 40.2 Å². The molecule has 0 aliphatic heterocycles. The highest BCUT2D eigenvalue weighted by molar-refractivity contribution is 5.78. The maximum atomic E-state index is 12.7. The third-order valence-electron chi connectivity index (χ3n) is 3.81. The average molecular weight is 300 g/mol. The van der Waals surface area contributed by atoms with Crippen molar-refractivity contribution in [2.24, 2.45) is 5.92 Å². The lowest BCUT2D eigenvalue weighted by Gasteiger charge is -2.32. The van der Waals surface area contributed by atoms with Gasteiger partial charge in [-0.05, 0) is 30.9 Å². The molecule has 0 aliphatic carbocycles. The fourth-order valence-corrected chi connectivity index (χ4v) is 2.68. The van der Waals surface area contributed by atoms with Crippen LogP contribution in [-0.2, 0) is 11.2 Å². The van der Waals surface area contributed by atoms with Crippen molar-refractivity contribution < 1.29 is 9.32 Å². The molecule has 0 radical (unpaired) electrons. The molecule has 0 fully saturated rings. The molecule has 22 heavy (non-hydrogen) atoms. The predicted molar refractivity (Wildman–Crippen MR) is 86.4 cm³/mol. The molecule has 1 heterocycles. The normalized spacial score (nSPS) is 12.4. The highest BCUT2D eigenvalue weighted by atomic mass is 16.5. The Morgan fingerprint density at radius 2 is 1.95 bits per heavy atom. The first kappa shape index (κ1) is 16.3. The Morgan fingerprint density at radius 1 is 1.23 bits per heavy atom. The second-order valence-corrected chi connectivity index (χ2v) is 6.14. The minimum atomic E-state index is 0.0444. The Morgan fingerprint density at radius 3 is 2.55 bits per heavy atom. The van der Waals surface area contributed by atoms with Gasteiger partial charge in [-0.25, -0.2) is 0 Å². The minimum Gasteiger partial charge on any atom is -0.364 e. The van der Waals surface area contributed by atoms with Gasteiger partial charge in [-0.1, -0.05) is 43.3 Å². The van der Waals surface area contributed by atoms with Crippen LogP contribution >= 0.6 is 0 Å². The molecule has 1 atom stereocenters. The van der Waals surface area contributed by atoms with Gasteiger partial charge in [0.1, 0.15) is 6.26 Å². The third-order valence-corrected chi connectivity index (χ3v) is 3.81. The van der Waals surface area contributed by atoms with E-state index in [-0.39, 0.29) is 18.4 Å². The van der Waals surface area contributed by atoms with Crippen LogP contribution in [0.15, 0.2) is 41.1 Å². The fraction of sp³-hybridized carbons (Fsp3) is 0.444. The summed E-state index contributed by atoms with van der Waals surface area (Å²) in [6.07, 6.45) is 1.78. The van der Waals surface area contributed by atoms with E-state index in [0.29, 0.717) is 11.6 Å². The summed E-state index contributed by atoms with van der Waals surface area (Å²) < 4.78 is 4.82. The third kappa shape index (κ3) is 3.97. The maximum absolute atomic E-state index is 12.7. The summed E-state index contributed by atoms with van der Waals surface area (Å²) in [6, 6.07) is 10.0. The Balaban J connectivity index is 2.21. The van der Waals surface area contributed by atoms with Gasteiger partial charge in [-0.15, -0.1) is 0 Å². The van der Waals surface area contributed by atoms with E-state index < -0.39 is 0 Å². The summed E-state index contributed by atoms with van der Waals surface area (Å²) in [5.74, 6) is 0.492. The van der Waals surface area contributed by atoms with Gasteiger partial charge < -0.3 is 9.42 Å². The van der Waals surface area contributed by atoms with E-state index in [9.17, 15) is 4.79 Å². The average Bonchev–Trinajstić information content (AvgIpc) is 2.97. The first-order valence-corrected chi connectivity index (χ1v) is 7.73. The van der Waals surface area contributed by atoms with Crippen molar-refractivity contribution in [1.29, 1.82) is 0 Å². The number of rotatable bonds is 6. The summed E-state index contributed by atoms with van der Waals surface area (Å²) in [7, 11) is 0. The number of hydrogen-bond donors (Lipinski definition) is 0. The van der Waals surface area contributed by atoms with Crippen LogP contribution in [0, 0.1) is 12.8 Å². The lowest BCUT2D eigenvalue weighted by atomic mass is 10.00. The first-order chi connectivity index (χ1) is 10.5. The van der Waals surface area contributed by atoms with Crippen LogP contribution < -0.4 is 0 Å². The standard InChI is InChI=1S/C18H24N2O2/c1-13(2)12-20(18(21)11-16-9-10-22-19-16)15(4)17-8-6-5-7-14(17)3/h5-10,13,15H,11-12H2,1-4H3/t15-/m1/s1. The molecule has 0 bridgehead atoms. The smallest absolute Gasteiger partial charge is 0.229 e. The number of carbonyl (C=O) groups excluding carboxylic acids is 1. The molecule has 1 aromatic heterocycles. The SMILES string of the molecule is Cc1ccccc1[C@@H](C)N(CC(C)C)C(=O)Cc1ccon1. The van der Waals surface area contributed by atoms with Gasteiger partial charge in [0.15, 0.2) is 0 Å². The van der Waals surface area contributed by atoms with Gasteiger partial charge >= 0.3 is 0 Å². The molecule has 0 aliphatic rings. The van der Waals surface area contributed by atoms with E-state index >= 15 is 0 Å². The van der Waals surface area contributed by atoms with Crippen molar-refractivity contribution in [3.8, 4) is 0 Å². The summed E-state index contributed by atoms with van der Waals surface area (Å²) in [4.78, 5) is 14.7. The van der Waals surface area contributed by atoms with E-state index in [4.69, 9.17) is 4.52 Å². The second-order valence-electron chi connectivity index (χ2n) is 6.14. The van der Waals surface area contributed by atoms with Crippen molar-refractivity contribution in [3.05, 3.63) is 53.4 Å². The molecule has 4 heteroatoms. The van der Waals surface area contributed by atoms with Gasteiger partial charge in [0.2, 0.25) is 5.91 Å². The zero-order chi connectivity index (χ0) is 16.1. The van der Waals surface area contributed by atoms with Crippen molar-refractivity contribution in [1.82, 2.24) is 10.1 Å². The van der Waals surface area contributed by atoms with Crippen LogP contribution in [0.5, 0.6) is 0 Å². The lowest BCUT2D eigenvalue weighted by Crippen LogP contribution is -2.37. The molecule has 0 spiro atoms. The van der Waals surface area contributed by atoms with Gasteiger partial charge in [-0.3, -0.25) is 4.79 Å². The summed E-state index contributed by atoms with van der Waals surface area (Å²) in [5, 5.41) is 3.84. The topological polar surface area (TPSA) is 46.3 Å². The van der Waals surface area contributed by atoms with Crippen LogP contribution in [0.25, 0.3) is 0 Å². The number of nitrogens with zero attached hydrogens (tertiary/aromatic N) is 2. The molecule has 4 nitrogen and oxygen atoms in total. The summed E-state index contributed by atoms with van der Waals surface area (Å²) in [5.41, 5.74) is 3.07. The monoisotopic (exact) mass is 300 g/mol. The number of amides is 1. The molecule has 0 saturated carbocycles. The van der Waals surface area contributed by atoms with E-state index in [1.807, 2.05) is 17.0 Å². The molecule has 2 rings (SSSR count). The Bertz CT molecular complexity index is 605. The summed E-state index contributed by atoms with van der Waals surface area (Å²) in [6.45, 7) is 9.15. The Kier molecular flexibility index (Phi) is 5.36. The summed E-state index contributed by atoms with van der Waals surface area (Å²) >= 11 is 0. The van der Waals surface area contributed by atoms with Crippen molar-refractivity contribution in [3.63, 3.8) is 0 Å². The number of benzene rings is 1. The molecule has 2 aromatic rings. The quantitative estimate of drug-likeness (QED) is 0.815. The predicted octanol–water partition coefficient (Wildman–Crippen LogP) is 3.77. The van der Waals surface area contributed by atoms with E-state index in [1.165, 1.54) is 17.4 Å². The fourth-order valence-electron chi connectivity index (χ4n) is 2.68. The Labute approximate surface area is 132 Å². The van der Waals surface area contributed by atoms with E-state index in [2.05, 4.69) is 45.0 Å². The number of hydrogen-bond acceptors (Lipinski definition) is 3. The van der Waals surface area contributed by atoms with E-state index in [1.54, 1.807) is 6.07 Å². The van der Waals surface area contributed by atoms with Crippen molar-refractivity contribution >= 4 is 5.91 Å². The Hall–Kier alpha value is -2.10. The number of aromatic nitrogens is 1. The van der Waals surface area contributed by atoms with Gasteiger partial charge in [0.05, 0.1) is 18.2 Å². The van der Waals surface area contributed by atoms with Crippen LogP contribution in [-0.4, -0.2) is 22.5 Å². The lowest BCUT2D eigenvalue weighted by molar-refractivity contribution is -0.133. The van der Waals surface area contributed by atoms with Crippen LogP contribution in [0.3, 0.4) is 0 Å². The van der Waals surface area contributed by atoms with Crippen LogP contribution in [0.4, 0.5) is 0 Å². The zero-order valence-electron chi connectivity index (χ0n) is 13.7. The molecule has 118 valence electrons. The van der Waals surface area contributed by atoms with E-state index in [0.717, 1.165) is 6.54 Å². The molecule has 0 unspecified atom stereocenters. The number of carbonyl (C=O) groups is 1. The van der Waals surface area contributed by atoms with Gasteiger partial charge in [0, 0.05) is 12.6 Å². The molecule has 1 amide bonds. The molecule has 0 N–H and O–H groups in total. The van der Waals surface area contributed by atoms with Gasteiger partial charge in [0.25, 0.3) is 0 Å². The van der Waals surface area contributed by atoms with Crippen LogP contribution in [0.1, 0.15) is 43.6 Å². The molecular weight excluding hydrogens is 276 g/mol. The zero-order valence-corrected chi connectivity index (χ0v) is 13.7. The highest BCUT2D eigenvalue weighted by Crippen LogP contribution is 2.25. The molecule has 1 aromatic carbocycles. The van der Waals surface area contributed by atoms with Crippen LogP contribution in [0.2, 0.25) is 0 Å². The molecular formula is C18H24N2O2. The van der Waals surface area contributed by atoms with Gasteiger partial charge in [-0.2, -0.15) is 0 Å². The van der Waals surface area contributed by atoms with Crippen molar-refractivity contribution in [2.75, 3.05) is 6.54 Å². The minimum absolute atomic E-state index is 0.0444. The highest BCUT2D eigenvalue weighted by Gasteiger charge is 2.24. The second kappa shape index (κ2) is 7.25. The number of aryl methyl sites for hydroxylation is 1. The largest absolute Gasteiger partial charge is 0.364 e. The molecule has 0 saturated heterocycles.